The molecule has 2 aliphatic rings. The van der Waals surface area contributed by atoms with Gasteiger partial charge in [-0.1, -0.05) is 12.1 Å². The molecule has 0 saturated carbocycles. The Kier molecular flexibility index (Phi) is 5.53. The van der Waals surface area contributed by atoms with Crippen molar-refractivity contribution in [3.63, 3.8) is 0 Å². The predicted octanol–water partition coefficient (Wildman–Crippen LogP) is 0.672. The van der Waals surface area contributed by atoms with Gasteiger partial charge in [-0.25, -0.2) is 4.39 Å². The van der Waals surface area contributed by atoms with Crippen LogP contribution < -0.4 is 10.6 Å². The van der Waals surface area contributed by atoms with Gasteiger partial charge in [-0.15, -0.1) is 0 Å². The van der Waals surface area contributed by atoms with E-state index in [2.05, 4.69) is 4.90 Å². The maximum absolute atomic E-state index is 13.9. The Bertz CT molecular complexity index is 623. The summed E-state index contributed by atoms with van der Waals surface area (Å²) in [5.74, 6) is -0.476. The summed E-state index contributed by atoms with van der Waals surface area (Å²) >= 11 is 0. The van der Waals surface area contributed by atoms with E-state index in [1.54, 1.807) is 12.1 Å². The summed E-state index contributed by atoms with van der Waals surface area (Å²) in [4.78, 5) is 29.6. The van der Waals surface area contributed by atoms with Gasteiger partial charge in [-0.3, -0.25) is 14.5 Å². The zero-order valence-electron chi connectivity index (χ0n) is 14.4. The smallest absolute Gasteiger partial charge is 0.236 e. The van der Waals surface area contributed by atoms with Crippen molar-refractivity contribution < 1.29 is 14.0 Å². The van der Waals surface area contributed by atoms with E-state index in [4.69, 9.17) is 5.73 Å². The number of hydrogen-bond acceptors (Lipinski definition) is 4. The van der Waals surface area contributed by atoms with Crippen LogP contribution in [0.15, 0.2) is 24.3 Å². The van der Waals surface area contributed by atoms with Gasteiger partial charge in [0.25, 0.3) is 0 Å². The fourth-order valence-electron chi connectivity index (χ4n) is 3.56. The lowest BCUT2D eigenvalue weighted by atomic mass is 9.96. The molecule has 0 bridgehead atoms. The first-order valence-corrected chi connectivity index (χ1v) is 8.83. The van der Waals surface area contributed by atoms with E-state index in [0.29, 0.717) is 51.3 Å². The highest BCUT2D eigenvalue weighted by molar-refractivity contribution is 5.80. The average molecular weight is 348 g/mol. The molecule has 0 aromatic heterocycles. The molecule has 2 heterocycles. The number of para-hydroxylation sites is 1. The number of amides is 2. The fourth-order valence-corrected chi connectivity index (χ4v) is 3.56. The van der Waals surface area contributed by atoms with Gasteiger partial charge in [0.2, 0.25) is 11.8 Å². The van der Waals surface area contributed by atoms with Gasteiger partial charge in [0, 0.05) is 45.2 Å². The quantitative estimate of drug-likeness (QED) is 0.868. The van der Waals surface area contributed by atoms with E-state index in [1.807, 2.05) is 15.9 Å². The predicted molar refractivity (Wildman–Crippen MR) is 93.6 cm³/mol. The van der Waals surface area contributed by atoms with Crippen molar-refractivity contribution in [2.75, 3.05) is 50.7 Å². The van der Waals surface area contributed by atoms with Crippen molar-refractivity contribution in [2.45, 2.75) is 12.8 Å². The van der Waals surface area contributed by atoms with Crippen LogP contribution in [0.3, 0.4) is 0 Å². The van der Waals surface area contributed by atoms with E-state index in [0.717, 1.165) is 13.1 Å². The van der Waals surface area contributed by atoms with E-state index in [9.17, 15) is 14.0 Å². The van der Waals surface area contributed by atoms with E-state index < -0.39 is 0 Å². The molecule has 1 aromatic rings. The van der Waals surface area contributed by atoms with Crippen LogP contribution >= 0.6 is 0 Å². The van der Waals surface area contributed by atoms with Crippen molar-refractivity contribution in [3.8, 4) is 0 Å². The van der Waals surface area contributed by atoms with Crippen LogP contribution in [0, 0.1) is 11.7 Å². The first-order valence-electron chi connectivity index (χ1n) is 8.83. The van der Waals surface area contributed by atoms with Crippen LogP contribution in [0.2, 0.25) is 0 Å². The van der Waals surface area contributed by atoms with E-state index >= 15 is 0 Å². The summed E-state index contributed by atoms with van der Waals surface area (Å²) in [7, 11) is 0. The van der Waals surface area contributed by atoms with Crippen LogP contribution in [0.25, 0.3) is 0 Å². The summed E-state index contributed by atoms with van der Waals surface area (Å²) in [5.41, 5.74) is 5.95. The van der Waals surface area contributed by atoms with Gasteiger partial charge in [-0.2, -0.15) is 0 Å². The number of benzene rings is 1. The van der Waals surface area contributed by atoms with Gasteiger partial charge in [0.05, 0.1) is 12.2 Å². The number of halogens is 1. The lowest BCUT2D eigenvalue weighted by Crippen LogP contribution is -2.51. The maximum atomic E-state index is 13.9. The van der Waals surface area contributed by atoms with Crippen LogP contribution in [0.1, 0.15) is 12.8 Å². The van der Waals surface area contributed by atoms with Crippen LogP contribution in [0.5, 0.6) is 0 Å². The first kappa shape index (κ1) is 17.7. The molecule has 0 unspecified atom stereocenters. The maximum Gasteiger partial charge on any atom is 0.236 e. The van der Waals surface area contributed by atoms with Crippen molar-refractivity contribution in [1.82, 2.24) is 9.80 Å². The number of piperazine rings is 1. The number of likely N-dealkylation sites (tertiary alicyclic amines) is 1. The average Bonchev–Trinajstić information content (AvgIpc) is 2.63. The van der Waals surface area contributed by atoms with Crippen LogP contribution in [-0.2, 0) is 9.59 Å². The Morgan fingerprint density at radius 2 is 1.68 bits per heavy atom. The van der Waals surface area contributed by atoms with Gasteiger partial charge in [-0.05, 0) is 25.0 Å². The number of primary amides is 1. The third kappa shape index (κ3) is 4.28. The van der Waals surface area contributed by atoms with Gasteiger partial charge < -0.3 is 15.5 Å². The van der Waals surface area contributed by atoms with E-state index in [-0.39, 0.29) is 23.5 Å². The van der Waals surface area contributed by atoms with Crippen molar-refractivity contribution in [1.29, 1.82) is 0 Å². The molecular formula is C18H25FN4O2. The molecule has 136 valence electrons. The van der Waals surface area contributed by atoms with Crippen LogP contribution in [0.4, 0.5) is 10.1 Å². The van der Waals surface area contributed by atoms with Crippen molar-refractivity contribution in [2.24, 2.45) is 11.7 Å². The molecule has 25 heavy (non-hydrogen) atoms. The lowest BCUT2D eigenvalue weighted by molar-refractivity contribution is -0.136. The minimum absolute atomic E-state index is 0.0993. The number of piperidine rings is 1. The Labute approximate surface area is 147 Å². The number of hydrogen-bond donors (Lipinski definition) is 1. The largest absolute Gasteiger partial charge is 0.369 e. The molecule has 2 fully saturated rings. The van der Waals surface area contributed by atoms with Crippen LogP contribution in [-0.4, -0.2) is 67.4 Å². The summed E-state index contributed by atoms with van der Waals surface area (Å²) in [5, 5.41) is 0. The third-order valence-corrected chi connectivity index (χ3v) is 5.17. The molecule has 2 aliphatic heterocycles. The molecule has 1 aromatic carbocycles. The van der Waals surface area contributed by atoms with E-state index in [1.165, 1.54) is 6.07 Å². The molecule has 0 spiro atoms. The zero-order chi connectivity index (χ0) is 17.8. The summed E-state index contributed by atoms with van der Waals surface area (Å²) in [6, 6.07) is 6.79. The molecule has 6 nitrogen and oxygen atoms in total. The Balaban J connectivity index is 1.45. The second-order valence-electron chi connectivity index (χ2n) is 6.77. The summed E-state index contributed by atoms with van der Waals surface area (Å²) in [6.07, 6.45) is 1.31. The number of anilines is 1. The number of nitrogens with zero attached hydrogens (tertiary/aromatic N) is 3. The number of nitrogens with two attached hydrogens (primary N) is 1. The summed E-state index contributed by atoms with van der Waals surface area (Å²) in [6.45, 7) is 4.46. The highest BCUT2D eigenvalue weighted by atomic mass is 19.1. The first-order chi connectivity index (χ1) is 12.0. The Hall–Kier alpha value is -2.15. The van der Waals surface area contributed by atoms with Gasteiger partial charge in [0.15, 0.2) is 0 Å². The standard InChI is InChI=1S/C18H25FN4O2/c19-15-3-1-2-4-16(15)22-11-9-21(10-12-22)13-17(24)23-7-5-14(6-8-23)18(20)25/h1-4,14H,5-13H2,(H2,20,25). The normalized spacial score (nSPS) is 19.9. The minimum atomic E-state index is -0.267. The minimum Gasteiger partial charge on any atom is -0.369 e. The van der Waals surface area contributed by atoms with Gasteiger partial charge >= 0.3 is 0 Å². The lowest BCUT2D eigenvalue weighted by Gasteiger charge is -2.37. The molecule has 2 saturated heterocycles. The SMILES string of the molecule is NC(=O)C1CCN(C(=O)CN2CCN(c3ccccc3F)CC2)CC1. The molecule has 7 heteroatoms. The van der Waals surface area contributed by atoms with Gasteiger partial charge in [0.1, 0.15) is 5.82 Å². The molecule has 0 atom stereocenters. The summed E-state index contributed by atoms with van der Waals surface area (Å²) < 4.78 is 13.9. The molecule has 2 amide bonds. The molecular weight excluding hydrogens is 323 g/mol. The van der Waals surface area contributed by atoms with Crippen molar-refractivity contribution in [3.05, 3.63) is 30.1 Å². The third-order valence-electron chi connectivity index (χ3n) is 5.17. The molecule has 0 aliphatic carbocycles. The number of carbonyl (C=O) groups is 2. The number of rotatable bonds is 4. The highest BCUT2D eigenvalue weighted by Crippen LogP contribution is 2.20. The second kappa shape index (κ2) is 7.82. The highest BCUT2D eigenvalue weighted by Gasteiger charge is 2.27. The molecule has 3 rings (SSSR count). The topological polar surface area (TPSA) is 69.9 Å². The molecule has 0 radical (unpaired) electrons. The fraction of sp³-hybridized carbons (Fsp3) is 0.556. The molecule has 2 N–H and O–H groups in total. The number of carbonyl (C=O) groups excluding carboxylic acids is 2. The Morgan fingerprint density at radius 1 is 1.04 bits per heavy atom. The Morgan fingerprint density at radius 3 is 2.28 bits per heavy atom. The van der Waals surface area contributed by atoms with Crippen molar-refractivity contribution >= 4 is 17.5 Å². The second-order valence-corrected chi connectivity index (χ2v) is 6.77. The zero-order valence-corrected chi connectivity index (χ0v) is 14.4. The monoisotopic (exact) mass is 348 g/mol.